The van der Waals surface area contributed by atoms with E-state index in [1.807, 2.05) is 0 Å². The Morgan fingerprint density at radius 2 is 2.43 bits per heavy atom. The van der Waals surface area contributed by atoms with Crippen LogP contribution in [0.3, 0.4) is 0 Å². The zero-order valence-corrected chi connectivity index (χ0v) is 9.18. The van der Waals surface area contributed by atoms with Gasteiger partial charge in [-0.25, -0.2) is 0 Å². The highest BCUT2D eigenvalue weighted by atomic mass is 32.2. The second-order valence-corrected chi connectivity index (χ2v) is 4.75. The first kappa shape index (κ1) is 11.4. The third kappa shape index (κ3) is 3.22. The van der Waals surface area contributed by atoms with Crippen LogP contribution in [-0.2, 0) is 9.53 Å². The average molecular weight is 213 g/mol. The Balaban J connectivity index is 2.18. The molecule has 2 unspecified atom stereocenters. The minimum Gasteiger partial charge on any atom is -0.469 e. The van der Waals surface area contributed by atoms with E-state index in [1.54, 1.807) is 11.8 Å². The quantitative estimate of drug-likeness (QED) is 0.670. The predicted octanol–water partition coefficient (Wildman–Crippen LogP) is 1.97. The molecule has 78 valence electrons. The monoisotopic (exact) mass is 213 g/mol. The van der Waals surface area contributed by atoms with Crippen LogP contribution >= 0.6 is 11.8 Å². The fourth-order valence-electron chi connectivity index (χ4n) is 1.67. The van der Waals surface area contributed by atoms with Crippen molar-refractivity contribution in [3.63, 3.8) is 0 Å². The van der Waals surface area contributed by atoms with Crippen LogP contribution in [0.2, 0.25) is 0 Å². The average Bonchev–Trinajstić information content (AvgIpc) is 2.65. The molecule has 0 radical (unpaired) electrons. The standard InChI is InChI=1S/C10H15NO2S/c1-13-10(12)5-6-14-9-4-2-3-8(9)7-11/h8-9H,2-6H2,1H3. The maximum Gasteiger partial charge on any atom is 0.306 e. The Hall–Kier alpha value is -0.690. The lowest BCUT2D eigenvalue weighted by atomic mass is 10.1. The first-order valence-electron chi connectivity index (χ1n) is 4.86. The number of thioether (sulfide) groups is 1. The van der Waals surface area contributed by atoms with Gasteiger partial charge >= 0.3 is 5.97 Å². The fraction of sp³-hybridized carbons (Fsp3) is 0.800. The topological polar surface area (TPSA) is 50.1 Å². The largest absolute Gasteiger partial charge is 0.469 e. The Kier molecular flexibility index (Phi) is 4.81. The summed E-state index contributed by atoms with van der Waals surface area (Å²) in [5, 5.41) is 9.27. The molecule has 1 aliphatic rings. The summed E-state index contributed by atoms with van der Waals surface area (Å²) in [5.41, 5.74) is 0. The van der Waals surface area contributed by atoms with E-state index in [0.717, 1.165) is 25.0 Å². The lowest BCUT2D eigenvalue weighted by Gasteiger charge is -2.11. The maximum absolute atomic E-state index is 10.8. The molecule has 0 heterocycles. The molecule has 1 aliphatic carbocycles. The molecule has 14 heavy (non-hydrogen) atoms. The van der Waals surface area contributed by atoms with E-state index in [9.17, 15) is 4.79 Å². The molecule has 0 saturated heterocycles. The second kappa shape index (κ2) is 5.92. The number of carbonyl (C=O) groups excluding carboxylic acids is 1. The van der Waals surface area contributed by atoms with Gasteiger partial charge in [0.05, 0.1) is 25.5 Å². The van der Waals surface area contributed by atoms with Gasteiger partial charge in [0.1, 0.15) is 0 Å². The first-order chi connectivity index (χ1) is 6.77. The van der Waals surface area contributed by atoms with Crippen molar-refractivity contribution in [1.82, 2.24) is 0 Å². The van der Waals surface area contributed by atoms with E-state index in [2.05, 4.69) is 10.8 Å². The van der Waals surface area contributed by atoms with Gasteiger partial charge in [-0.1, -0.05) is 6.42 Å². The molecule has 0 spiro atoms. The molecule has 1 fully saturated rings. The summed E-state index contributed by atoms with van der Waals surface area (Å²) in [6, 6.07) is 2.33. The van der Waals surface area contributed by atoms with Crippen LogP contribution in [0.5, 0.6) is 0 Å². The SMILES string of the molecule is COC(=O)CCSC1CCCC1C#N. The first-order valence-corrected chi connectivity index (χ1v) is 5.91. The molecule has 0 amide bonds. The van der Waals surface area contributed by atoms with E-state index in [0.29, 0.717) is 11.7 Å². The van der Waals surface area contributed by atoms with Crippen LogP contribution in [0.15, 0.2) is 0 Å². The number of carbonyl (C=O) groups is 1. The fourth-order valence-corrected chi connectivity index (χ4v) is 3.02. The summed E-state index contributed by atoms with van der Waals surface area (Å²) in [4.78, 5) is 10.8. The van der Waals surface area contributed by atoms with Gasteiger partial charge in [-0.15, -0.1) is 0 Å². The molecule has 1 saturated carbocycles. The number of nitrogens with zero attached hydrogens (tertiary/aromatic N) is 1. The minimum atomic E-state index is -0.163. The highest BCUT2D eigenvalue weighted by Gasteiger charge is 2.27. The van der Waals surface area contributed by atoms with Crippen molar-refractivity contribution in [3.8, 4) is 6.07 Å². The number of nitriles is 1. The third-order valence-corrected chi connectivity index (χ3v) is 3.92. The zero-order valence-electron chi connectivity index (χ0n) is 8.36. The Labute approximate surface area is 88.8 Å². The van der Waals surface area contributed by atoms with Gasteiger partial charge in [0, 0.05) is 11.0 Å². The number of hydrogen-bond acceptors (Lipinski definition) is 4. The molecular formula is C10H15NO2S. The molecule has 3 nitrogen and oxygen atoms in total. The Bertz CT molecular complexity index is 237. The van der Waals surface area contributed by atoms with Gasteiger partial charge in [0.2, 0.25) is 0 Å². The lowest BCUT2D eigenvalue weighted by Crippen LogP contribution is -2.10. The van der Waals surface area contributed by atoms with Gasteiger partial charge in [-0.2, -0.15) is 17.0 Å². The number of hydrogen-bond donors (Lipinski definition) is 0. The zero-order chi connectivity index (χ0) is 10.4. The molecule has 4 heteroatoms. The van der Waals surface area contributed by atoms with Crippen LogP contribution < -0.4 is 0 Å². The van der Waals surface area contributed by atoms with Gasteiger partial charge < -0.3 is 4.74 Å². The molecule has 1 rings (SSSR count). The summed E-state index contributed by atoms with van der Waals surface area (Å²) in [6.07, 6.45) is 3.74. The summed E-state index contributed by atoms with van der Waals surface area (Å²) < 4.78 is 4.55. The van der Waals surface area contributed by atoms with Crippen molar-refractivity contribution in [3.05, 3.63) is 0 Å². The summed E-state index contributed by atoms with van der Waals surface area (Å²) >= 11 is 1.74. The van der Waals surface area contributed by atoms with Crippen molar-refractivity contribution < 1.29 is 9.53 Å². The van der Waals surface area contributed by atoms with Gasteiger partial charge in [-0.05, 0) is 12.8 Å². The van der Waals surface area contributed by atoms with Crippen molar-refractivity contribution in [2.45, 2.75) is 30.9 Å². The molecular weight excluding hydrogens is 198 g/mol. The van der Waals surface area contributed by atoms with Crippen molar-refractivity contribution >= 4 is 17.7 Å². The normalized spacial score (nSPS) is 25.7. The molecule has 0 N–H and O–H groups in total. The predicted molar refractivity (Wildman–Crippen MR) is 55.8 cm³/mol. The van der Waals surface area contributed by atoms with E-state index < -0.39 is 0 Å². The molecule has 0 aromatic rings. The highest BCUT2D eigenvalue weighted by Crippen LogP contribution is 2.34. The number of methoxy groups -OCH3 is 1. The van der Waals surface area contributed by atoms with E-state index in [4.69, 9.17) is 5.26 Å². The van der Waals surface area contributed by atoms with Gasteiger partial charge in [-0.3, -0.25) is 4.79 Å². The van der Waals surface area contributed by atoms with Crippen LogP contribution in [0.25, 0.3) is 0 Å². The number of esters is 1. The van der Waals surface area contributed by atoms with Crippen LogP contribution in [0.4, 0.5) is 0 Å². The minimum absolute atomic E-state index is 0.163. The molecule has 0 bridgehead atoms. The third-order valence-electron chi connectivity index (χ3n) is 2.48. The highest BCUT2D eigenvalue weighted by molar-refractivity contribution is 7.99. The Morgan fingerprint density at radius 3 is 3.07 bits per heavy atom. The van der Waals surface area contributed by atoms with E-state index in [1.165, 1.54) is 7.11 Å². The van der Waals surface area contributed by atoms with Crippen molar-refractivity contribution in [2.75, 3.05) is 12.9 Å². The van der Waals surface area contributed by atoms with Gasteiger partial charge in [0.25, 0.3) is 0 Å². The van der Waals surface area contributed by atoms with Crippen LogP contribution in [-0.4, -0.2) is 24.1 Å². The van der Waals surface area contributed by atoms with Crippen molar-refractivity contribution in [2.24, 2.45) is 5.92 Å². The molecule has 0 aromatic heterocycles. The van der Waals surface area contributed by atoms with Crippen LogP contribution in [0.1, 0.15) is 25.7 Å². The van der Waals surface area contributed by atoms with E-state index >= 15 is 0 Å². The summed E-state index contributed by atoms with van der Waals surface area (Å²) in [7, 11) is 1.40. The Morgan fingerprint density at radius 1 is 1.64 bits per heavy atom. The van der Waals surface area contributed by atoms with Gasteiger partial charge in [0.15, 0.2) is 0 Å². The molecule has 2 atom stereocenters. The lowest BCUT2D eigenvalue weighted by molar-refractivity contribution is -0.140. The second-order valence-electron chi connectivity index (χ2n) is 3.40. The smallest absolute Gasteiger partial charge is 0.306 e. The van der Waals surface area contributed by atoms with Crippen LogP contribution in [0, 0.1) is 17.2 Å². The number of ether oxygens (including phenoxy) is 1. The maximum atomic E-state index is 10.8. The number of rotatable bonds is 4. The summed E-state index contributed by atoms with van der Waals surface area (Å²) in [6.45, 7) is 0. The van der Waals surface area contributed by atoms with Crippen molar-refractivity contribution in [1.29, 1.82) is 5.26 Å². The van der Waals surface area contributed by atoms with E-state index in [-0.39, 0.29) is 11.9 Å². The molecule has 0 aromatic carbocycles. The summed E-state index contributed by atoms with van der Waals surface area (Å²) in [5.74, 6) is 0.803. The molecule has 0 aliphatic heterocycles.